The van der Waals surface area contributed by atoms with Crippen molar-refractivity contribution < 1.29 is 9.47 Å². The second-order valence-corrected chi connectivity index (χ2v) is 22.2. The monoisotopic (exact) mass is 1010 g/mol. The van der Waals surface area contributed by atoms with Crippen molar-refractivity contribution in [3.63, 3.8) is 0 Å². The SMILES string of the molecule is CCC(CC(C)c1ccc(COCCOC2Cc3ccccc32)cc1)c1ccc(-n2c3ccccc3c3cc(-c4ccc(N(c5ccc(-c6ccccc6)cc5)c5ccc6c(c5)C(C)(C)c5ccccc5-6)cc4)ccc32)cc1. The van der Waals surface area contributed by atoms with E-state index >= 15 is 0 Å². The number of fused-ring (bicyclic) bond motifs is 7. The van der Waals surface area contributed by atoms with E-state index in [1.54, 1.807) is 0 Å². The lowest BCUT2D eigenvalue weighted by Crippen LogP contribution is -2.21. The van der Waals surface area contributed by atoms with Crippen LogP contribution in [0.3, 0.4) is 0 Å². The van der Waals surface area contributed by atoms with Crippen LogP contribution in [-0.2, 0) is 27.9 Å². The van der Waals surface area contributed by atoms with Crippen LogP contribution in [-0.4, -0.2) is 17.8 Å². The molecule has 78 heavy (non-hydrogen) atoms. The second-order valence-electron chi connectivity index (χ2n) is 22.2. The van der Waals surface area contributed by atoms with Gasteiger partial charge in [-0.15, -0.1) is 0 Å². The van der Waals surface area contributed by atoms with Crippen molar-refractivity contribution in [2.45, 2.75) is 76.9 Å². The first-order valence-electron chi connectivity index (χ1n) is 28.1. The zero-order valence-corrected chi connectivity index (χ0v) is 45.2. The predicted molar refractivity (Wildman–Crippen MR) is 325 cm³/mol. The summed E-state index contributed by atoms with van der Waals surface area (Å²) < 4.78 is 14.5. The minimum absolute atomic E-state index is 0.108. The van der Waals surface area contributed by atoms with Gasteiger partial charge in [0.1, 0.15) is 0 Å². The first-order valence-corrected chi connectivity index (χ1v) is 28.1. The highest BCUT2D eigenvalue weighted by Crippen LogP contribution is 2.51. The number of aromatic nitrogens is 1. The lowest BCUT2D eigenvalue weighted by molar-refractivity contribution is -0.0100. The molecule has 3 unspecified atom stereocenters. The summed E-state index contributed by atoms with van der Waals surface area (Å²) in [7, 11) is 0. The van der Waals surface area contributed by atoms with Gasteiger partial charge in [0.2, 0.25) is 0 Å². The summed E-state index contributed by atoms with van der Waals surface area (Å²) in [6.07, 6.45) is 3.40. The Bertz CT molecular complexity index is 3910. The van der Waals surface area contributed by atoms with E-state index < -0.39 is 0 Å². The highest BCUT2D eigenvalue weighted by molar-refractivity contribution is 6.10. The Labute approximate surface area is 460 Å². The molecule has 0 spiro atoms. The molecule has 1 aromatic heterocycles. The molecule has 0 N–H and O–H groups in total. The number of benzene rings is 10. The maximum absolute atomic E-state index is 6.08. The van der Waals surface area contributed by atoms with Crippen molar-refractivity contribution in [2.75, 3.05) is 18.1 Å². The van der Waals surface area contributed by atoms with Gasteiger partial charge in [-0.1, -0.05) is 198 Å². The Morgan fingerprint density at radius 1 is 0.526 bits per heavy atom. The first-order chi connectivity index (χ1) is 38.3. The van der Waals surface area contributed by atoms with E-state index in [2.05, 4.69) is 274 Å². The summed E-state index contributed by atoms with van der Waals surface area (Å²) in [5.41, 5.74) is 23.8. The van der Waals surface area contributed by atoms with Gasteiger partial charge in [-0.3, -0.25) is 0 Å². The molecule has 0 radical (unpaired) electrons. The van der Waals surface area contributed by atoms with Gasteiger partial charge >= 0.3 is 0 Å². The molecule has 0 aliphatic heterocycles. The van der Waals surface area contributed by atoms with Gasteiger partial charge in [0.25, 0.3) is 0 Å². The van der Waals surface area contributed by atoms with Crippen LogP contribution in [0.2, 0.25) is 0 Å². The number of nitrogens with zero attached hydrogens (tertiary/aromatic N) is 2. The molecule has 11 aromatic rings. The molecule has 3 atom stereocenters. The van der Waals surface area contributed by atoms with Crippen LogP contribution < -0.4 is 4.90 Å². The number of hydrogen-bond acceptors (Lipinski definition) is 3. The highest BCUT2D eigenvalue weighted by atomic mass is 16.5. The van der Waals surface area contributed by atoms with Crippen molar-refractivity contribution in [1.82, 2.24) is 4.57 Å². The minimum atomic E-state index is -0.108. The summed E-state index contributed by atoms with van der Waals surface area (Å²) >= 11 is 0. The topological polar surface area (TPSA) is 26.6 Å². The van der Waals surface area contributed by atoms with E-state index in [0.29, 0.717) is 31.7 Å². The number of anilines is 3. The zero-order valence-electron chi connectivity index (χ0n) is 45.2. The van der Waals surface area contributed by atoms with Gasteiger partial charge in [-0.2, -0.15) is 0 Å². The lowest BCUT2D eigenvalue weighted by atomic mass is 9.82. The minimum Gasteiger partial charge on any atom is -0.374 e. The standard InChI is InChI=1S/C74H66N2O2/c1-5-52(45-50(2)53-25-23-51(24-26-53)49-77-43-44-78-73-47-59-17-9-10-18-64(59)73)55-27-38-62(39-28-55)76-71-22-14-12-20-67(71)68-46-58(33-42-72(68)76)57-31-36-61(37-32-57)75(60-34-29-56(30-35-60)54-15-7-6-8-16-54)63-40-41-66-65-19-11-13-21-69(65)74(3,4)70(66)48-63/h6-42,46,48,50,52,73H,5,43-45,47,49H2,1-4H3. The summed E-state index contributed by atoms with van der Waals surface area (Å²) in [6.45, 7) is 11.2. The van der Waals surface area contributed by atoms with Crippen LogP contribution in [0.25, 0.3) is 60.9 Å². The Balaban J connectivity index is 0.723. The second kappa shape index (κ2) is 20.9. The molecule has 2 aliphatic carbocycles. The molecule has 13 rings (SSSR count). The van der Waals surface area contributed by atoms with Crippen molar-refractivity contribution in [3.05, 3.63) is 276 Å². The molecular formula is C74H66N2O2. The van der Waals surface area contributed by atoms with Gasteiger partial charge in [0.05, 0.1) is 37.0 Å². The van der Waals surface area contributed by atoms with Crippen LogP contribution in [0.5, 0.6) is 0 Å². The third kappa shape index (κ3) is 9.23. The Hall–Kier alpha value is -8.28. The first kappa shape index (κ1) is 49.3. The Morgan fingerprint density at radius 2 is 1.14 bits per heavy atom. The van der Waals surface area contributed by atoms with Crippen LogP contribution in [0, 0.1) is 0 Å². The van der Waals surface area contributed by atoms with Crippen molar-refractivity contribution in [2.24, 2.45) is 0 Å². The predicted octanol–water partition coefficient (Wildman–Crippen LogP) is 19.4. The summed E-state index contributed by atoms with van der Waals surface area (Å²) in [4.78, 5) is 2.41. The highest BCUT2D eigenvalue weighted by Gasteiger charge is 2.36. The van der Waals surface area contributed by atoms with E-state index in [1.165, 1.54) is 99.8 Å². The zero-order chi connectivity index (χ0) is 52.7. The molecule has 4 heteroatoms. The van der Waals surface area contributed by atoms with Crippen LogP contribution in [0.4, 0.5) is 17.1 Å². The van der Waals surface area contributed by atoms with E-state index in [4.69, 9.17) is 9.47 Å². The van der Waals surface area contributed by atoms with Gasteiger partial charge in [0, 0.05) is 45.4 Å². The fourth-order valence-electron chi connectivity index (χ4n) is 12.7. The smallest absolute Gasteiger partial charge is 0.0869 e. The van der Waals surface area contributed by atoms with Crippen LogP contribution in [0.1, 0.15) is 97.4 Å². The molecule has 0 saturated carbocycles. The molecule has 1 heterocycles. The van der Waals surface area contributed by atoms with Crippen LogP contribution in [0.15, 0.2) is 237 Å². The van der Waals surface area contributed by atoms with E-state index in [1.807, 2.05) is 0 Å². The number of ether oxygens (including phenoxy) is 2. The van der Waals surface area contributed by atoms with E-state index in [0.717, 1.165) is 36.3 Å². The molecular weight excluding hydrogens is 949 g/mol. The molecule has 0 amide bonds. The summed E-state index contributed by atoms with van der Waals surface area (Å²) in [5.74, 6) is 0.885. The molecule has 4 nitrogen and oxygen atoms in total. The third-order valence-corrected chi connectivity index (χ3v) is 17.1. The fraction of sp³-hybridized carbons (Fsp3) is 0.189. The normalized spacial score (nSPS) is 14.8. The molecule has 2 aliphatic rings. The largest absolute Gasteiger partial charge is 0.374 e. The van der Waals surface area contributed by atoms with Crippen molar-refractivity contribution in [3.8, 4) is 39.1 Å². The van der Waals surface area contributed by atoms with Gasteiger partial charge in [0.15, 0.2) is 0 Å². The molecule has 10 aromatic carbocycles. The van der Waals surface area contributed by atoms with Crippen LogP contribution >= 0.6 is 0 Å². The maximum atomic E-state index is 6.08. The number of hydrogen-bond donors (Lipinski definition) is 0. The van der Waals surface area contributed by atoms with Gasteiger partial charge in [-0.05, 0) is 164 Å². The molecule has 0 bridgehead atoms. The lowest BCUT2D eigenvalue weighted by Gasteiger charge is -2.29. The van der Waals surface area contributed by atoms with E-state index in [9.17, 15) is 0 Å². The summed E-state index contributed by atoms with van der Waals surface area (Å²) in [5, 5.41) is 2.50. The molecule has 0 fully saturated rings. The maximum Gasteiger partial charge on any atom is 0.0869 e. The molecule has 0 saturated heterocycles. The van der Waals surface area contributed by atoms with Gasteiger partial charge in [-0.25, -0.2) is 0 Å². The van der Waals surface area contributed by atoms with Crippen molar-refractivity contribution in [1.29, 1.82) is 0 Å². The third-order valence-electron chi connectivity index (χ3n) is 17.1. The Morgan fingerprint density at radius 3 is 1.90 bits per heavy atom. The average molecular weight is 1020 g/mol. The number of rotatable bonds is 17. The number of para-hydroxylation sites is 1. The van der Waals surface area contributed by atoms with Crippen molar-refractivity contribution >= 4 is 38.9 Å². The summed E-state index contributed by atoms with van der Waals surface area (Å²) in [6, 6.07) is 87.5. The van der Waals surface area contributed by atoms with Gasteiger partial charge < -0.3 is 18.9 Å². The quantitative estimate of drug-likeness (QED) is 0.0851. The van der Waals surface area contributed by atoms with E-state index in [-0.39, 0.29) is 11.5 Å². The molecule has 384 valence electrons. The average Bonchev–Trinajstić information content (AvgIpc) is 4.13. The Kier molecular flexibility index (Phi) is 13.2. The fourth-order valence-corrected chi connectivity index (χ4v) is 12.7.